The molecule has 0 amide bonds. The lowest BCUT2D eigenvalue weighted by Gasteiger charge is -2.02. The number of nitrogens with zero attached hydrogens (tertiary/aromatic N) is 2. The summed E-state index contributed by atoms with van der Waals surface area (Å²) in [6.07, 6.45) is 0.0209. The Hall–Kier alpha value is -0.890. The summed E-state index contributed by atoms with van der Waals surface area (Å²) in [5.41, 5.74) is 0. The molecule has 17 heavy (non-hydrogen) atoms. The van der Waals surface area contributed by atoms with Crippen molar-refractivity contribution >= 4 is 23.1 Å². The van der Waals surface area contributed by atoms with Gasteiger partial charge in [0.25, 0.3) is 0 Å². The number of thiophene rings is 1. The zero-order valence-corrected chi connectivity index (χ0v) is 10.7. The number of hydrogen-bond donors (Lipinski definition) is 3. The van der Waals surface area contributed by atoms with Gasteiger partial charge >= 0.3 is 0 Å². The topological polar surface area (TPSA) is 82.0 Å². The summed E-state index contributed by atoms with van der Waals surface area (Å²) in [5, 5.41) is 27.4. The number of aliphatic hydroxyl groups excluding tert-OH is 2. The Bertz CT molecular complexity index is 444. The summed E-state index contributed by atoms with van der Waals surface area (Å²) in [7, 11) is 0. The van der Waals surface area contributed by atoms with E-state index >= 15 is 0 Å². The van der Waals surface area contributed by atoms with Crippen LogP contribution in [0.15, 0.2) is 22.7 Å². The summed E-state index contributed by atoms with van der Waals surface area (Å²) in [6.45, 7) is -0.237. The van der Waals surface area contributed by atoms with E-state index < -0.39 is 6.10 Å². The molecule has 0 aliphatic carbocycles. The largest absolute Gasteiger partial charge is 0.394 e. The molecule has 2 rings (SSSR count). The number of aromatic amines is 1. The predicted octanol–water partition coefficient (Wildman–Crippen LogP) is 0.902. The van der Waals surface area contributed by atoms with Gasteiger partial charge in [-0.3, -0.25) is 5.10 Å². The molecule has 92 valence electrons. The highest BCUT2D eigenvalue weighted by molar-refractivity contribution is 7.99. The number of H-pyrrole nitrogens is 1. The first-order valence-corrected chi connectivity index (χ1v) is 7.00. The van der Waals surface area contributed by atoms with E-state index in [0.717, 1.165) is 12.2 Å². The molecule has 2 aromatic rings. The van der Waals surface area contributed by atoms with E-state index in [9.17, 15) is 5.11 Å². The van der Waals surface area contributed by atoms with Crippen LogP contribution in [0.5, 0.6) is 0 Å². The van der Waals surface area contributed by atoms with Gasteiger partial charge in [-0.15, -0.1) is 16.4 Å². The molecule has 1 unspecified atom stereocenters. The molecule has 0 spiro atoms. The fraction of sp³-hybridized carbons (Fsp3) is 0.400. The van der Waals surface area contributed by atoms with Gasteiger partial charge in [-0.05, 0) is 11.4 Å². The Kier molecular flexibility index (Phi) is 4.55. The highest BCUT2D eigenvalue weighted by atomic mass is 32.2. The smallest absolute Gasteiger partial charge is 0.208 e. The van der Waals surface area contributed by atoms with Crippen molar-refractivity contribution in [3.8, 4) is 0 Å². The van der Waals surface area contributed by atoms with E-state index in [2.05, 4.69) is 21.2 Å². The number of thioether (sulfide) groups is 1. The minimum Gasteiger partial charge on any atom is -0.394 e. The van der Waals surface area contributed by atoms with E-state index in [1.807, 2.05) is 11.4 Å². The summed E-state index contributed by atoms with van der Waals surface area (Å²) in [5.74, 6) is 1.21. The molecule has 0 radical (unpaired) electrons. The Balaban J connectivity index is 1.87. The van der Waals surface area contributed by atoms with Crippen LogP contribution in [0.1, 0.15) is 10.7 Å². The van der Waals surface area contributed by atoms with Crippen molar-refractivity contribution in [2.24, 2.45) is 0 Å². The van der Waals surface area contributed by atoms with Crippen LogP contribution in [0.3, 0.4) is 0 Å². The molecule has 2 heterocycles. The second-order valence-electron chi connectivity index (χ2n) is 3.47. The van der Waals surface area contributed by atoms with Gasteiger partial charge in [0.05, 0.1) is 12.7 Å². The molecule has 1 atom stereocenters. The summed E-state index contributed by atoms with van der Waals surface area (Å²) >= 11 is 3.01. The number of rotatable bonds is 6. The van der Waals surface area contributed by atoms with E-state index in [1.165, 1.54) is 16.6 Å². The van der Waals surface area contributed by atoms with E-state index in [1.54, 1.807) is 11.3 Å². The van der Waals surface area contributed by atoms with Crippen LogP contribution in [0.25, 0.3) is 0 Å². The lowest BCUT2D eigenvalue weighted by molar-refractivity contribution is 0.113. The lowest BCUT2D eigenvalue weighted by atomic mass is 10.3. The third-order valence-corrected chi connectivity index (χ3v) is 3.92. The lowest BCUT2D eigenvalue weighted by Crippen LogP contribution is -2.14. The minimum absolute atomic E-state index is 0.237. The van der Waals surface area contributed by atoms with Crippen molar-refractivity contribution in [2.45, 2.75) is 17.7 Å². The van der Waals surface area contributed by atoms with Gasteiger partial charge in [0.1, 0.15) is 5.82 Å². The molecule has 0 saturated heterocycles. The van der Waals surface area contributed by atoms with Gasteiger partial charge in [0.2, 0.25) is 5.16 Å². The van der Waals surface area contributed by atoms with Crippen molar-refractivity contribution in [1.29, 1.82) is 0 Å². The van der Waals surface area contributed by atoms with E-state index in [-0.39, 0.29) is 6.61 Å². The van der Waals surface area contributed by atoms with Gasteiger partial charge in [-0.2, -0.15) is 0 Å². The van der Waals surface area contributed by atoms with Gasteiger partial charge in [0.15, 0.2) is 0 Å². The third kappa shape index (κ3) is 3.81. The number of nitrogens with one attached hydrogen (secondary N) is 1. The van der Waals surface area contributed by atoms with Crippen molar-refractivity contribution in [3.63, 3.8) is 0 Å². The molecule has 0 fully saturated rings. The van der Waals surface area contributed by atoms with Gasteiger partial charge in [-0.1, -0.05) is 17.8 Å². The molecule has 0 bridgehead atoms. The van der Waals surface area contributed by atoms with Crippen LogP contribution in [0.4, 0.5) is 0 Å². The molecule has 2 aromatic heterocycles. The first-order chi connectivity index (χ1) is 8.28. The summed E-state index contributed by atoms with van der Waals surface area (Å²) in [6, 6.07) is 4.05. The van der Waals surface area contributed by atoms with Crippen LogP contribution in [0.2, 0.25) is 0 Å². The molecule has 5 nitrogen and oxygen atoms in total. The highest BCUT2D eigenvalue weighted by Crippen LogP contribution is 2.16. The predicted molar refractivity (Wildman–Crippen MR) is 67.3 cm³/mol. The fourth-order valence-corrected chi connectivity index (χ4v) is 2.66. The van der Waals surface area contributed by atoms with Crippen LogP contribution < -0.4 is 0 Å². The number of hydrogen-bond acceptors (Lipinski definition) is 6. The number of aliphatic hydroxyl groups is 2. The quantitative estimate of drug-likeness (QED) is 0.680. The maximum Gasteiger partial charge on any atom is 0.208 e. The molecular weight excluding hydrogens is 258 g/mol. The maximum absolute atomic E-state index is 9.20. The Morgan fingerprint density at radius 2 is 2.41 bits per heavy atom. The maximum atomic E-state index is 9.20. The van der Waals surface area contributed by atoms with E-state index in [4.69, 9.17) is 5.11 Å². The van der Waals surface area contributed by atoms with Crippen molar-refractivity contribution in [2.75, 3.05) is 12.4 Å². The third-order valence-electron chi connectivity index (χ3n) is 2.05. The van der Waals surface area contributed by atoms with E-state index in [0.29, 0.717) is 10.9 Å². The molecule has 3 N–H and O–H groups in total. The first-order valence-electron chi connectivity index (χ1n) is 5.13. The molecular formula is C10H13N3O2S2. The normalized spacial score (nSPS) is 12.8. The minimum atomic E-state index is -0.723. The number of aromatic nitrogens is 3. The monoisotopic (exact) mass is 271 g/mol. The second kappa shape index (κ2) is 6.15. The first kappa shape index (κ1) is 12.6. The molecule has 0 aliphatic heterocycles. The van der Waals surface area contributed by atoms with Crippen LogP contribution >= 0.6 is 23.1 Å². The highest BCUT2D eigenvalue weighted by Gasteiger charge is 2.08. The molecule has 0 aromatic carbocycles. The zero-order chi connectivity index (χ0) is 12.1. The summed E-state index contributed by atoms with van der Waals surface area (Å²) in [4.78, 5) is 5.53. The van der Waals surface area contributed by atoms with Gasteiger partial charge < -0.3 is 10.2 Å². The average molecular weight is 271 g/mol. The van der Waals surface area contributed by atoms with Crippen LogP contribution in [-0.2, 0) is 6.42 Å². The molecule has 7 heteroatoms. The molecule has 0 aliphatic rings. The van der Waals surface area contributed by atoms with Gasteiger partial charge in [0, 0.05) is 17.1 Å². The molecule has 0 saturated carbocycles. The second-order valence-corrected chi connectivity index (χ2v) is 5.49. The summed E-state index contributed by atoms with van der Waals surface area (Å²) < 4.78 is 0. The average Bonchev–Trinajstić information content (AvgIpc) is 2.98. The standard InChI is InChI=1S/C10H13N3O2S2/c14-5-7(15)6-17-10-11-9(12-13-10)4-8-2-1-3-16-8/h1-3,7,14-15H,4-6H2,(H,11,12,13). The van der Waals surface area contributed by atoms with Crippen molar-refractivity contribution in [1.82, 2.24) is 15.2 Å². The Labute approximate surface area is 107 Å². The van der Waals surface area contributed by atoms with Crippen LogP contribution in [0, 0.1) is 0 Å². The Morgan fingerprint density at radius 1 is 1.53 bits per heavy atom. The van der Waals surface area contributed by atoms with Crippen molar-refractivity contribution in [3.05, 3.63) is 28.2 Å². The van der Waals surface area contributed by atoms with Gasteiger partial charge in [-0.25, -0.2) is 4.98 Å². The fourth-order valence-electron chi connectivity index (χ4n) is 1.22. The van der Waals surface area contributed by atoms with Crippen LogP contribution in [-0.4, -0.2) is 43.9 Å². The zero-order valence-electron chi connectivity index (χ0n) is 9.04. The SMILES string of the molecule is OCC(O)CSc1n[nH]c(Cc2cccs2)n1. The Morgan fingerprint density at radius 3 is 3.12 bits per heavy atom. The van der Waals surface area contributed by atoms with Crippen molar-refractivity contribution < 1.29 is 10.2 Å².